The van der Waals surface area contributed by atoms with Crippen LogP contribution in [0.25, 0.3) is 0 Å². The maximum absolute atomic E-state index is 8.47. The summed E-state index contributed by atoms with van der Waals surface area (Å²) in [5.74, 6) is 8.68. The molecule has 0 saturated carbocycles. The van der Waals surface area contributed by atoms with Crippen molar-refractivity contribution >= 4 is 0 Å². The normalized spacial score (nSPS) is 8.33. The van der Waals surface area contributed by atoms with Crippen LogP contribution in [0, 0.1) is 24.2 Å². The molecule has 0 fully saturated rings. The van der Waals surface area contributed by atoms with Gasteiger partial charge in [-0.25, -0.2) is 0 Å². The van der Waals surface area contributed by atoms with Crippen molar-refractivity contribution in [1.82, 2.24) is 0 Å². The molecule has 1 heteroatoms. The van der Waals surface area contributed by atoms with E-state index in [9.17, 15) is 0 Å². The van der Waals surface area contributed by atoms with Crippen molar-refractivity contribution < 1.29 is 5.11 Å². The molecule has 0 atom stereocenters. The van der Waals surface area contributed by atoms with Crippen LogP contribution in [0.1, 0.15) is 38.5 Å². The second-order valence-corrected chi connectivity index (χ2v) is 2.59. The molecule has 0 heterocycles. The van der Waals surface area contributed by atoms with Gasteiger partial charge in [0.15, 0.2) is 0 Å². The van der Waals surface area contributed by atoms with Crippen LogP contribution in [0.15, 0.2) is 0 Å². The molecule has 1 N–H and O–H groups in total. The number of unbranched alkanes of at least 4 members (excludes halogenated alkanes) is 4. The molecule has 0 aliphatic carbocycles. The molecule has 0 aromatic carbocycles. The van der Waals surface area contributed by atoms with E-state index >= 15 is 0 Å². The lowest BCUT2D eigenvalue weighted by atomic mass is 10.2. The average Bonchev–Trinajstić information content (AvgIpc) is 2.10. The predicted molar refractivity (Wildman–Crippen MR) is 51.4 cm³/mol. The van der Waals surface area contributed by atoms with Gasteiger partial charge in [-0.1, -0.05) is 0 Å². The summed E-state index contributed by atoms with van der Waals surface area (Å²) in [5, 5.41) is 8.47. The van der Waals surface area contributed by atoms with Crippen molar-refractivity contribution in [3.05, 3.63) is 0 Å². The molecule has 0 aliphatic rings. The number of aliphatic hydroxyl groups excluding tert-OH is 1. The van der Waals surface area contributed by atoms with Gasteiger partial charge in [0, 0.05) is 25.9 Å². The van der Waals surface area contributed by atoms with E-state index in [1.807, 2.05) is 0 Å². The van der Waals surface area contributed by atoms with Gasteiger partial charge in [-0.2, -0.15) is 0 Å². The molecule has 0 aliphatic heterocycles. The summed E-state index contributed by atoms with van der Waals surface area (Å²) in [4.78, 5) is 0. The van der Waals surface area contributed by atoms with Gasteiger partial charge in [0.25, 0.3) is 0 Å². The van der Waals surface area contributed by atoms with E-state index in [2.05, 4.69) is 17.8 Å². The Hall–Kier alpha value is -0.920. The Morgan fingerprint density at radius 1 is 0.917 bits per heavy atom. The zero-order chi connectivity index (χ0) is 9.07. The summed E-state index contributed by atoms with van der Waals surface area (Å²) in [6.07, 6.45) is 10.6. The van der Waals surface area contributed by atoms with Crippen molar-refractivity contribution in [3.8, 4) is 24.2 Å². The largest absolute Gasteiger partial charge is 0.396 e. The van der Waals surface area contributed by atoms with Crippen molar-refractivity contribution in [1.29, 1.82) is 0 Å². The van der Waals surface area contributed by atoms with Gasteiger partial charge in [-0.3, -0.25) is 0 Å². The average molecular weight is 164 g/mol. The Balaban J connectivity index is 3.07. The van der Waals surface area contributed by atoms with Gasteiger partial charge in [0.2, 0.25) is 0 Å². The molecule has 66 valence electrons. The minimum absolute atomic E-state index is 0.277. The molecule has 0 unspecified atom stereocenters. The van der Waals surface area contributed by atoms with E-state index in [0.717, 1.165) is 38.5 Å². The molecule has 0 saturated heterocycles. The summed E-state index contributed by atoms with van der Waals surface area (Å²) >= 11 is 0. The fourth-order valence-corrected chi connectivity index (χ4v) is 0.781. The van der Waals surface area contributed by atoms with Crippen molar-refractivity contribution in [2.24, 2.45) is 0 Å². The van der Waals surface area contributed by atoms with Gasteiger partial charge in [-0.15, -0.1) is 24.2 Å². The SMILES string of the molecule is C#CCCCC#CCCCCO. The zero-order valence-electron chi connectivity index (χ0n) is 7.47. The molecule has 1 nitrogen and oxygen atoms in total. The van der Waals surface area contributed by atoms with E-state index < -0.39 is 0 Å². The highest BCUT2D eigenvalue weighted by atomic mass is 16.2. The predicted octanol–water partition coefficient (Wildman–Crippen LogP) is 1.96. The van der Waals surface area contributed by atoms with Crippen LogP contribution in [0.3, 0.4) is 0 Å². The number of terminal acetylenes is 1. The molecule has 0 spiro atoms. The van der Waals surface area contributed by atoms with Gasteiger partial charge in [0.1, 0.15) is 0 Å². The first kappa shape index (κ1) is 11.1. The van der Waals surface area contributed by atoms with Crippen molar-refractivity contribution in [3.63, 3.8) is 0 Å². The smallest absolute Gasteiger partial charge is 0.0431 e. The van der Waals surface area contributed by atoms with Gasteiger partial charge in [-0.05, 0) is 19.3 Å². The second kappa shape index (κ2) is 10.1. The maximum atomic E-state index is 8.47. The molecule has 0 bridgehead atoms. The summed E-state index contributed by atoms with van der Waals surface area (Å²) in [6.45, 7) is 0.277. The lowest BCUT2D eigenvalue weighted by Crippen LogP contribution is -1.80. The third-order valence-corrected chi connectivity index (χ3v) is 1.46. The minimum Gasteiger partial charge on any atom is -0.396 e. The van der Waals surface area contributed by atoms with Crippen LogP contribution >= 0.6 is 0 Å². The third kappa shape index (κ3) is 9.08. The highest BCUT2D eigenvalue weighted by Gasteiger charge is 1.81. The lowest BCUT2D eigenvalue weighted by Gasteiger charge is -1.88. The van der Waals surface area contributed by atoms with Crippen molar-refractivity contribution in [2.75, 3.05) is 6.61 Å². The Labute approximate surface area is 75.2 Å². The molecule has 0 radical (unpaired) electrons. The van der Waals surface area contributed by atoms with E-state index in [-0.39, 0.29) is 6.61 Å². The van der Waals surface area contributed by atoms with Crippen LogP contribution < -0.4 is 0 Å². The molecule has 0 amide bonds. The Kier molecular flexibility index (Phi) is 9.31. The number of hydrogen-bond acceptors (Lipinski definition) is 1. The number of hydrogen-bond donors (Lipinski definition) is 1. The Morgan fingerprint density at radius 2 is 1.58 bits per heavy atom. The molecular formula is C11H16O. The van der Waals surface area contributed by atoms with Crippen LogP contribution in [0.4, 0.5) is 0 Å². The summed E-state index contributed by atoms with van der Waals surface area (Å²) < 4.78 is 0. The number of aliphatic hydroxyl groups is 1. The standard InChI is InChI=1S/C11H16O/c1-2-3-4-5-6-7-8-9-10-11-12/h1,12H,3-5,8-11H2. The zero-order valence-corrected chi connectivity index (χ0v) is 7.47. The van der Waals surface area contributed by atoms with Crippen LogP contribution in [0.2, 0.25) is 0 Å². The third-order valence-electron chi connectivity index (χ3n) is 1.46. The highest BCUT2D eigenvalue weighted by Crippen LogP contribution is 1.94. The first-order valence-corrected chi connectivity index (χ1v) is 4.42. The molecule has 0 aromatic heterocycles. The fourth-order valence-electron chi connectivity index (χ4n) is 0.781. The van der Waals surface area contributed by atoms with Gasteiger partial charge in [0.05, 0.1) is 0 Å². The first-order chi connectivity index (χ1) is 5.91. The Morgan fingerprint density at radius 3 is 2.17 bits per heavy atom. The monoisotopic (exact) mass is 164 g/mol. The maximum Gasteiger partial charge on any atom is 0.0431 e. The Bertz CT molecular complexity index is 177. The van der Waals surface area contributed by atoms with E-state index in [1.165, 1.54) is 0 Å². The van der Waals surface area contributed by atoms with Crippen molar-refractivity contribution in [2.45, 2.75) is 38.5 Å². The van der Waals surface area contributed by atoms with E-state index in [0.29, 0.717) is 0 Å². The van der Waals surface area contributed by atoms with E-state index in [1.54, 1.807) is 0 Å². The van der Waals surface area contributed by atoms with Crippen LogP contribution in [0.5, 0.6) is 0 Å². The topological polar surface area (TPSA) is 20.2 Å². The highest BCUT2D eigenvalue weighted by molar-refractivity contribution is 4.99. The minimum atomic E-state index is 0.277. The first-order valence-electron chi connectivity index (χ1n) is 4.42. The lowest BCUT2D eigenvalue weighted by molar-refractivity contribution is 0.285. The summed E-state index contributed by atoms with van der Waals surface area (Å²) in [6, 6.07) is 0. The van der Waals surface area contributed by atoms with Crippen LogP contribution in [-0.2, 0) is 0 Å². The van der Waals surface area contributed by atoms with Gasteiger partial charge >= 0.3 is 0 Å². The quantitative estimate of drug-likeness (QED) is 0.486. The summed E-state index contributed by atoms with van der Waals surface area (Å²) in [7, 11) is 0. The fraction of sp³-hybridized carbons (Fsp3) is 0.636. The number of rotatable bonds is 5. The van der Waals surface area contributed by atoms with E-state index in [4.69, 9.17) is 11.5 Å². The van der Waals surface area contributed by atoms with Gasteiger partial charge < -0.3 is 5.11 Å². The second-order valence-electron chi connectivity index (χ2n) is 2.59. The molecule has 0 aromatic rings. The molecular weight excluding hydrogens is 148 g/mol. The molecule has 12 heavy (non-hydrogen) atoms. The molecule has 0 rings (SSSR count). The summed E-state index contributed by atoms with van der Waals surface area (Å²) in [5.41, 5.74) is 0. The van der Waals surface area contributed by atoms with Crippen LogP contribution in [-0.4, -0.2) is 11.7 Å².